The first-order chi connectivity index (χ1) is 14.0. The standard InChI is InChI=1S/C22H21N5O2/c1-13-8-14(2)10-16(9-13)24-20(28)12-26-18-4-3-7-23-21(18)27-19(22(26)29)11-17(25-27)15-5-6-15/h3-4,7-11,15H,5-6,12H2,1-2H3,(H,24,28). The van der Waals surface area contributed by atoms with Gasteiger partial charge in [-0.05, 0) is 68.1 Å². The summed E-state index contributed by atoms with van der Waals surface area (Å²) >= 11 is 0. The molecule has 0 radical (unpaired) electrons. The number of aryl methyl sites for hydroxylation is 2. The average molecular weight is 387 g/mol. The first kappa shape index (κ1) is 17.6. The van der Waals surface area contributed by atoms with Crippen molar-refractivity contribution in [2.24, 2.45) is 0 Å². The Kier molecular flexibility index (Phi) is 3.97. The predicted octanol–water partition coefficient (Wildman–Crippen LogP) is 3.18. The second-order valence-electron chi connectivity index (χ2n) is 7.80. The summed E-state index contributed by atoms with van der Waals surface area (Å²) in [6, 6.07) is 11.3. The van der Waals surface area contributed by atoms with Crippen LogP contribution in [0.2, 0.25) is 0 Å². The number of nitrogens with one attached hydrogen (secondary N) is 1. The molecule has 0 spiro atoms. The van der Waals surface area contributed by atoms with Crippen LogP contribution in [0.5, 0.6) is 0 Å². The van der Waals surface area contributed by atoms with E-state index >= 15 is 0 Å². The molecule has 7 nitrogen and oxygen atoms in total. The fourth-order valence-corrected chi connectivity index (χ4v) is 3.85. The van der Waals surface area contributed by atoms with Gasteiger partial charge < -0.3 is 5.32 Å². The molecule has 0 aliphatic heterocycles. The highest BCUT2D eigenvalue weighted by atomic mass is 16.2. The van der Waals surface area contributed by atoms with Crippen molar-refractivity contribution in [3.63, 3.8) is 0 Å². The van der Waals surface area contributed by atoms with Gasteiger partial charge in [-0.25, -0.2) is 9.50 Å². The van der Waals surface area contributed by atoms with Crippen LogP contribution in [0.25, 0.3) is 16.7 Å². The summed E-state index contributed by atoms with van der Waals surface area (Å²) < 4.78 is 3.09. The Morgan fingerprint density at radius 3 is 2.62 bits per heavy atom. The molecular weight excluding hydrogens is 366 g/mol. The number of hydrogen-bond donors (Lipinski definition) is 1. The normalized spacial score (nSPS) is 13.9. The van der Waals surface area contributed by atoms with Crippen LogP contribution in [0.15, 0.2) is 47.4 Å². The van der Waals surface area contributed by atoms with Crippen molar-refractivity contribution in [1.82, 2.24) is 19.2 Å². The van der Waals surface area contributed by atoms with Gasteiger partial charge >= 0.3 is 0 Å². The number of nitrogens with zero attached hydrogens (tertiary/aromatic N) is 4. The summed E-state index contributed by atoms with van der Waals surface area (Å²) in [5.41, 5.74) is 5.17. The lowest BCUT2D eigenvalue weighted by molar-refractivity contribution is -0.116. The van der Waals surface area contributed by atoms with Crippen LogP contribution in [0.1, 0.15) is 35.6 Å². The smallest absolute Gasteiger partial charge is 0.277 e. The molecule has 4 aromatic rings. The van der Waals surface area contributed by atoms with Gasteiger partial charge in [0.2, 0.25) is 5.91 Å². The lowest BCUT2D eigenvalue weighted by Crippen LogP contribution is -2.29. The molecule has 0 saturated heterocycles. The molecule has 1 saturated carbocycles. The van der Waals surface area contributed by atoms with Crippen molar-refractivity contribution >= 4 is 28.3 Å². The van der Waals surface area contributed by atoms with Gasteiger partial charge in [-0.1, -0.05) is 6.07 Å². The topological polar surface area (TPSA) is 81.3 Å². The highest BCUT2D eigenvalue weighted by Gasteiger charge is 2.28. The molecule has 7 heteroatoms. The van der Waals surface area contributed by atoms with E-state index < -0.39 is 0 Å². The predicted molar refractivity (Wildman–Crippen MR) is 111 cm³/mol. The fourth-order valence-electron chi connectivity index (χ4n) is 3.85. The van der Waals surface area contributed by atoms with Crippen LogP contribution >= 0.6 is 0 Å². The van der Waals surface area contributed by atoms with Crippen molar-refractivity contribution in [1.29, 1.82) is 0 Å². The van der Waals surface area contributed by atoms with Crippen molar-refractivity contribution < 1.29 is 4.79 Å². The minimum atomic E-state index is -0.256. The van der Waals surface area contributed by atoms with E-state index in [-0.39, 0.29) is 18.0 Å². The van der Waals surface area contributed by atoms with Crippen molar-refractivity contribution in [2.75, 3.05) is 5.32 Å². The zero-order valence-electron chi connectivity index (χ0n) is 16.3. The quantitative estimate of drug-likeness (QED) is 0.583. The monoisotopic (exact) mass is 387 g/mol. The maximum atomic E-state index is 13.2. The average Bonchev–Trinajstić information content (AvgIpc) is 3.42. The van der Waals surface area contributed by atoms with E-state index in [2.05, 4.69) is 15.4 Å². The summed E-state index contributed by atoms with van der Waals surface area (Å²) in [6.07, 6.45) is 3.87. The Bertz CT molecular complexity index is 1310. The van der Waals surface area contributed by atoms with Crippen LogP contribution in [0, 0.1) is 13.8 Å². The van der Waals surface area contributed by atoms with E-state index in [1.807, 2.05) is 38.1 Å². The molecule has 1 N–H and O–H groups in total. The third-order valence-electron chi connectivity index (χ3n) is 5.25. The molecule has 1 amide bonds. The number of rotatable bonds is 4. The van der Waals surface area contributed by atoms with E-state index in [9.17, 15) is 9.59 Å². The van der Waals surface area contributed by atoms with Gasteiger partial charge in [0.25, 0.3) is 5.56 Å². The molecule has 146 valence electrons. The molecule has 3 heterocycles. The number of pyridine rings is 1. The maximum Gasteiger partial charge on any atom is 0.277 e. The lowest BCUT2D eigenvalue weighted by Gasteiger charge is -2.12. The fraction of sp³-hybridized carbons (Fsp3) is 0.273. The number of anilines is 1. The van der Waals surface area contributed by atoms with Gasteiger partial charge in [-0.15, -0.1) is 0 Å². The molecule has 3 aromatic heterocycles. The zero-order chi connectivity index (χ0) is 20.1. The summed E-state index contributed by atoms with van der Waals surface area (Å²) in [4.78, 5) is 30.4. The van der Waals surface area contributed by atoms with E-state index in [4.69, 9.17) is 0 Å². The Morgan fingerprint density at radius 1 is 1.14 bits per heavy atom. The second-order valence-corrected chi connectivity index (χ2v) is 7.80. The molecule has 1 aliphatic rings. The number of benzene rings is 1. The highest BCUT2D eigenvalue weighted by molar-refractivity contribution is 5.91. The molecule has 0 bridgehead atoms. The van der Waals surface area contributed by atoms with Crippen LogP contribution in [-0.4, -0.2) is 25.1 Å². The molecule has 0 unspecified atom stereocenters. The van der Waals surface area contributed by atoms with Crippen molar-refractivity contribution in [3.8, 4) is 0 Å². The minimum Gasteiger partial charge on any atom is -0.325 e. The molecule has 5 rings (SSSR count). The summed E-state index contributed by atoms with van der Waals surface area (Å²) in [5, 5.41) is 7.52. The number of carbonyl (C=O) groups is 1. The summed E-state index contributed by atoms with van der Waals surface area (Å²) in [5.74, 6) is 0.169. The molecule has 1 fully saturated rings. The van der Waals surface area contributed by atoms with E-state index in [1.54, 1.807) is 22.8 Å². The Hall–Kier alpha value is -3.48. The van der Waals surface area contributed by atoms with Crippen molar-refractivity contribution in [3.05, 3.63) is 69.8 Å². The number of amides is 1. The lowest BCUT2D eigenvalue weighted by atomic mass is 10.1. The van der Waals surface area contributed by atoms with E-state index in [0.29, 0.717) is 22.6 Å². The van der Waals surface area contributed by atoms with Crippen LogP contribution in [-0.2, 0) is 11.3 Å². The molecule has 1 aromatic carbocycles. The Morgan fingerprint density at radius 2 is 1.90 bits per heavy atom. The van der Waals surface area contributed by atoms with Gasteiger partial charge in [0.05, 0.1) is 11.2 Å². The van der Waals surface area contributed by atoms with Gasteiger partial charge in [-0.3, -0.25) is 14.2 Å². The molecule has 0 atom stereocenters. The largest absolute Gasteiger partial charge is 0.325 e. The number of carbonyl (C=O) groups excluding carboxylic acids is 1. The summed E-state index contributed by atoms with van der Waals surface area (Å²) in [6.45, 7) is 3.88. The van der Waals surface area contributed by atoms with E-state index in [1.165, 1.54) is 4.57 Å². The first-order valence-electron chi connectivity index (χ1n) is 9.75. The second kappa shape index (κ2) is 6.55. The van der Waals surface area contributed by atoms with Crippen LogP contribution in [0.3, 0.4) is 0 Å². The van der Waals surface area contributed by atoms with Gasteiger partial charge in [-0.2, -0.15) is 5.10 Å². The summed E-state index contributed by atoms with van der Waals surface area (Å²) in [7, 11) is 0. The third-order valence-corrected chi connectivity index (χ3v) is 5.25. The first-order valence-corrected chi connectivity index (χ1v) is 9.75. The van der Waals surface area contributed by atoms with Gasteiger partial charge in [0.1, 0.15) is 12.1 Å². The maximum absolute atomic E-state index is 13.2. The highest BCUT2D eigenvalue weighted by Crippen LogP contribution is 2.39. The van der Waals surface area contributed by atoms with Crippen LogP contribution < -0.4 is 10.9 Å². The number of fused-ring (bicyclic) bond motifs is 3. The Balaban J connectivity index is 1.57. The minimum absolute atomic E-state index is 0.0888. The zero-order valence-corrected chi connectivity index (χ0v) is 16.3. The SMILES string of the molecule is Cc1cc(C)cc(NC(=O)Cn2c(=O)c3cc(C4CC4)nn3c3ncccc32)c1. The van der Waals surface area contributed by atoms with Crippen molar-refractivity contribution in [2.45, 2.75) is 39.2 Å². The Labute approximate surface area is 167 Å². The van der Waals surface area contributed by atoms with E-state index in [0.717, 1.165) is 35.3 Å². The molecule has 1 aliphatic carbocycles. The van der Waals surface area contributed by atoms with Gasteiger partial charge in [0, 0.05) is 17.8 Å². The molecular formula is C22H21N5O2. The number of hydrogen-bond acceptors (Lipinski definition) is 4. The molecule has 29 heavy (non-hydrogen) atoms. The van der Waals surface area contributed by atoms with Gasteiger partial charge in [0.15, 0.2) is 5.65 Å². The third kappa shape index (κ3) is 3.18. The number of aromatic nitrogens is 4. The van der Waals surface area contributed by atoms with Crippen LogP contribution in [0.4, 0.5) is 5.69 Å².